The molecule has 8 heteroatoms. The topological polar surface area (TPSA) is 87.7 Å². The molecule has 33 heavy (non-hydrogen) atoms. The van der Waals surface area contributed by atoms with E-state index < -0.39 is 17.8 Å². The van der Waals surface area contributed by atoms with E-state index in [2.05, 4.69) is 10.6 Å². The SMILES string of the molecule is CC1Oc2ccc(NC(=O)CNC(=O)c3ccccc3)cc2N(Cc2ccccc2F)C1=O. The fourth-order valence-electron chi connectivity index (χ4n) is 3.50. The zero-order valence-electron chi connectivity index (χ0n) is 17.9. The van der Waals surface area contributed by atoms with E-state index in [0.29, 0.717) is 28.3 Å². The van der Waals surface area contributed by atoms with Gasteiger partial charge in [-0.3, -0.25) is 14.4 Å². The average Bonchev–Trinajstić information content (AvgIpc) is 2.82. The van der Waals surface area contributed by atoms with Crippen molar-refractivity contribution in [1.29, 1.82) is 0 Å². The molecule has 3 aromatic rings. The van der Waals surface area contributed by atoms with Crippen LogP contribution in [-0.4, -0.2) is 30.4 Å². The predicted octanol–water partition coefficient (Wildman–Crippen LogP) is 3.51. The number of carbonyl (C=O) groups is 3. The molecule has 0 aliphatic carbocycles. The monoisotopic (exact) mass is 447 g/mol. The van der Waals surface area contributed by atoms with Crippen LogP contribution in [0, 0.1) is 5.82 Å². The molecular formula is C25H22FN3O4. The lowest BCUT2D eigenvalue weighted by Crippen LogP contribution is -2.44. The number of hydrogen-bond donors (Lipinski definition) is 2. The molecule has 0 saturated heterocycles. The van der Waals surface area contributed by atoms with E-state index >= 15 is 0 Å². The van der Waals surface area contributed by atoms with Gasteiger partial charge in [0.2, 0.25) is 5.91 Å². The van der Waals surface area contributed by atoms with Crippen molar-refractivity contribution in [2.45, 2.75) is 19.6 Å². The third-order valence-electron chi connectivity index (χ3n) is 5.18. The molecular weight excluding hydrogens is 425 g/mol. The lowest BCUT2D eigenvalue weighted by atomic mass is 10.1. The molecule has 0 aromatic heterocycles. The van der Waals surface area contributed by atoms with Gasteiger partial charge in [-0.25, -0.2) is 4.39 Å². The Balaban J connectivity index is 1.48. The number of nitrogens with zero attached hydrogens (tertiary/aromatic N) is 1. The molecule has 0 spiro atoms. The standard InChI is InChI=1S/C25H22FN3O4/c1-16-25(32)29(15-18-9-5-6-10-20(18)26)21-13-19(11-12-22(21)33-16)28-23(30)14-27-24(31)17-7-3-2-4-8-17/h2-13,16H,14-15H2,1H3,(H,27,31)(H,28,30). The summed E-state index contributed by atoms with van der Waals surface area (Å²) in [6.45, 7) is 1.43. The minimum atomic E-state index is -0.724. The summed E-state index contributed by atoms with van der Waals surface area (Å²) < 4.78 is 19.9. The first kappa shape index (κ1) is 22.0. The van der Waals surface area contributed by atoms with Crippen molar-refractivity contribution in [3.63, 3.8) is 0 Å². The molecule has 1 aliphatic heterocycles. The number of anilines is 2. The van der Waals surface area contributed by atoms with Crippen LogP contribution in [0.1, 0.15) is 22.8 Å². The number of benzene rings is 3. The summed E-state index contributed by atoms with van der Waals surface area (Å²) in [5.41, 5.74) is 1.65. The number of halogens is 1. The first-order valence-corrected chi connectivity index (χ1v) is 10.4. The van der Waals surface area contributed by atoms with Crippen LogP contribution >= 0.6 is 0 Å². The zero-order chi connectivity index (χ0) is 23.4. The maximum Gasteiger partial charge on any atom is 0.268 e. The normalized spacial score (nSPS) is 14.8. The fraction of sp³-hybridized carbons (Fsp3) is 0.160. The highest BCUT2D eigenvalue weighted by atomic mass is 19.1. The molecule has 2 N–H and O–H groups in total. The second-order valence-electron chi connectivity index (χ2n) is 7.56. The van der Waals surface area contributed by atoms with Gasteiger partial charge < -0.3 is 20.3 Å². The van der Waals surface area contributed by atoms with Crippen molar-refractivity contribution in [3.05, 3.63) is 89.7 Å². The van der Waals surface area contributed by atoms with Crippen LogP contribution in [0.4, 0.5) is 15.8 Å². The van der Waals surface area contributed by atoms with Crippen LogP contribution in [-0.2, 0) is 16.1 Å². The van der Waals surface area contributed by atoms with Gasteiger partial charge in [0.25, 0.3) is 11.8 Å². The summed E-state index contributed by atoms with van der Waals surface area (Å²) >= 11 is 0. The molecule has 0 radical (unpaired) electrons. The first-order chi connectivity index (χ1) is 15.9. The van der Waals surface area contributed by atoms with E-state index in [4.69, 9.17) is 4.74 Å². The molecule has 7 nitrogen and oxygen atoms in total. The highest BCUT2D eigenvalue weighted by molar-refractivity contribution is 6.02. The van der Waals surface area contributed by atoms with Gasteiger partial charge in [-0.1, -0.05) is 36.4 Å². The summed E-state index contributed by atoms with van der Waals surface area (Å²) in [5.74, 6) is -1.07. The third kappa shape index (κ3) is 5.01. The Morgan fingerprint density at radius 3 is 2.52 bits per heavy atom. The highest BCUT2D eigenvalue weighted by Crippen LogP contribution is 2.37. The molecule has 1 unspecified atom stereocenters. The summed E-state index contributed by atoms with van der Waals surface area (Å²) in [7, 11) is 0. The van der Waals surface area contributed by atoms with Crippen molar-refractivity contribution in [3.8, 4) is 5.75 Å². The molecule has 3 amide bonds. The number of nitrogens with one attached hydrogen (secondary N) is 2. The number of rotatable bonds is 6. The Labute approximate surface area is 190 Å². The molecule has 4 rings (SSSR count). The van der Waals surface area contributed by atoms with Gasteiger partial charge in [0.05, 0.1) is 18.8 Å². The van der Waals surface area contributed by atoms with E-state index in [1.165, 1.54) is 11.0 Å². The van der Waals surface area contributed by atoms with E-state index in [-0.39, 0.29) is 24.9 Å². The van der Waals surface area contributed by atoms with Gasteiger partial charge in [0, 0.05) is 16.8 Å². The molecule has 1 heterocycles. The van der Waals surface area contributed by atoms with Crippen molar-refractivity contribution >= 4 is 29.1 Å². The lowest BCUT2D eigenvalue weighted by molar-refractivity contribution is -0.125. The van der Waals surface area contributed by atoms with Crippen LogP contribution in [0.25, 0.3) is 0 Å². The quantitative estimate of drug-likeness (QED) is 0.606. The van der Waals surface area contributed by atoms with Crippen LogP contribution in [0.3, 0.4) is 0 Å². The number of fused-ring (bicyclic) bond motifs is 1. The number of carbonyl (C=O) groups excluding carboxylic acids is 3. The molecule has 168 valence electrons. The van der Waals surface area contributed by atoms with Crippen LogP contribution in [0.2, 0.25) is 0 Å². The Morgan fingerprint density at radius 2 is 1.76 bits per heavy atom. The van der Waals surface area contributed by atoms with Gasteiger partial charge in [0.1, 0.15) is 11.6 Å². The van der Waals surface area contributed by atoms with Crippen molar-refractivity contribution in [2.24, 2.45) is 0 Å². The summed E-state index contributed by atoms with van der Waals surface area (Å²) in [6, 6.07) is 19.7. The predicted molar refractivity (Wildman–Crippen MR) is 122 cm³/mol. The minimum Gasteiger partial charge on any atom is -0.479 e. The number of ether oxygens (including phenoxy) is 1. The smallest absolute Gasteiger partial charge is 0.268 e. The van der Waals surface area contributed by atoms with Gasteiger partial charge in [0.15, 0.2) is 6.10 Å². The lowest BCUT2D eigenvalue weighted by Gasteiger charge is -2.33. The van der Waals surface area contributed by atoms with Crippen LogP contribution in [0.5, 0.6) is 5.75 Å². The van der Waals surface area contributed by atoms with Crippen LogP contribution < -0.4 is 20.3 Å². The molecule has 0 saturated carbocycles. The maximum atomic E-state index is 14.2. The van der Waals surface area contributed by atoms with E-state index in [9.17, 15) is 18.8 Å². The Bertz CT molecular complexity index is 1200. The van der Waals surface area contributed by atoms with Gasteiger partial charge in [-0.05, 0) is 43.3 Å². The maximum absolute atomic E-state index is 14.2. The third-order valence-corrected chi connectivity index (χ3v) is 5.18. The second-order valence-corrected chi connectivity index (χ2v) is 7.56. The van der Waals surface area contributed by atoms with Crippen molar-refractivity contribution in [2.75, 3.05) is 16.8 Å². The minimum absolute atomic E-state index is 0.0245. The van der Waals surface area contributed by atoms with Crippen LogP contribution in [0.15, 0.2) is 72.8 Å². The molecule has 1 atom stereocenters. The highest BCUT2D eigenvalue weighted by Gasteiger charge is 2.32. The summed E-state index contributed by atoms with van der Waals surface area (Å²) in [5, 5.41) is 5.26. The molecule has 3 aromatic carbocycles. The molecule has 1 aliphatic rings. The average molecular weight is 447 g/mol. The first-order valence-electron chi connectivity index (χ1n) is 10.4. The van der Waals surface area contributed by atoms with E-state index in [1.807, 2.05) is 0 Å². The van der Waals surface area contributed by atoms with Gasteiger partial charge in [-0.2, -0.15) is 0 Å². The number of hydrogen-bond acceptors (Lipinski definition) is 4. The number of amides is 3. The van der Waals surface area contributed by atoms with Crippen molar-refractivity contribution in [1.82, 2.24) is 5.32 Å². The Morgan fingerprint density at radius 1 is 1.03 bits per heavy atom. The molecule has 0 bridgehead atoms. The second kappa shape index (κ2) is 9.52. The van der Waals surface area contributed by atoms with Gasteiger partial charge >= 0.3 is 0 Å². The van der Waals surface area contributed by atoms with Gasteiger partial charge in [-0.15, -0.1) is 0 Å². The van der Waals surface area contributed by atoms with Crippen molar-refractivity contribution < 1.29 is 23.5 Å². The Kier molecular flexibility index (Phi) is 6.35. The van der Waals surface area contributed by atoms with E-state index in [0.717, 1.165) is 0 Å². The summed E-state index contributed by atoms with van der Waals surface area (Å²) in [4.78, 5) is 38.7. The van der Waals surface area contributed by atoms with E-state index in [1.54, 1.807) is 73.7 Å². The fourth-order valence-corrected chi connectivity index (χ4v) is 3.50. The molecule has 0 fully saturated rings. The largest absolute Gasteiger partial charge is 0.479 e. The zero-order valence-corrected chi connectivity index (χ0v) is 17.9. The Hall–Kier alpha value is -4.20. The summed E-state index contributed by atoms with van der Waals surface area (Å²) in [6.07, 6.45) is -0.724.